The molecule has 3 rings (SSSR count). The van der Waals surface area contributed by atoms with Gasteiger partial charge in [-0.05, 0) is 36.5 Å². The predicted molar refractivity (Wildman–Crippen MR) is 77.7 cm³/mol. The Labute approximate surface area is 119 Å². The number of rotatable bonds is 3. The Morgan fingerprint density at radius 3 is 2.85 bits per heavy atom. The molecule has 1 N–H and O–H groups in total. The Kier molecular flexibility index (Phi) is 3.47. The standard InChI is InChI=1S/C16H20N2O2/c1-18(10-11-4-2-3-5-11)16(20)13-7-6-12-9-15(19)17-14(12)8-13/h6-8,11H,2-5,9-10H2,1H3,(H,17,19). The second-order valence-electron chi connectivity index (χ2n) is 5.93. The Morgan fingerprint density at radius 2 is 2.10 bits per heavy atom. The average molecular weight is 272 g/mol. The lowest BCUT2D eigenvalue weighted by Gasteiger charge is -2.21. The molecule has 0 saturated heterocycles. The minimum atomic E-state index is 0.00362. The summed E-state index contributed by atoms with van der Waals surface area (Å²) >= 11 is 0. The Morgan fingerprint density at radius 1 is 1.35 bits per heavy atom. The van der Waals surface area contributed by atoms with Crippen molar-refractivity contribution in [3.63, 3.8) is 0 Å². The van der Waals surface area contributed by atoms with Gasteiger partial charge in [0.25, 0.3) is 5.91 Å². The maximum absolute atomic E-state index is 12.4. The van der Waals surface area contributed by atoms with Gasteiger partial charge in [-0.15, -0.1) is 0 Å². The second-order valence-corrected chi connectivity index (χ2v) is 5.93. The van der Waals surface area contributed by atoms with E-state index in [9.17, 15) is 9.59 Å². The SMILES string of the molecule is CN(CC1CCCC1)C(=O)c1ccc2c(c1)NC(=O)C2. The van der Waals surface area contributed by atoms with Gasteiger partial charge in [-0.25, -0.2) is 0 Å². The highest BCUT2D eigenvalue weighted by atomic mass is 16.2. The summed E-state index contributed by atoms with van der Waals surface area (Å²) in [6.07, 6.45) is 5.46. The summed E-state index contributed by atoms with van der Waals surface area (Å²) in [4.78, 5) is 25.6. The zero-order valence-electron chi connectivity index (χ0n) is 11.8. The summed E-state index contributed by atoms with van der Waals surface area (Å²) in [6.45, 7) is 0.836. The fraction of sp³-hybridized carbons (Fsp3) is 0.500. The van der Waals surface area contributed by atoms with Crippen molar-refractivity contribution >= 4 is 17.5 Å². The predicted octanol–water partition coefficient (Wildman–Crippen LogP) is 2.44. The maximum atomic E-state index is 12.4. The third-order valence-electron chi connectivity index (χ3n) is 4.34. The van der Waals surface area contributed by atoms with E-state index in [1.54, 1.807) is 6.07 Å². The molecule has 4 nitrogen and oxygen atoms in total. The number of carbonyl (C=O) groups excluding carboxylic acids is 2. The van der Waals surface area contributed by atoms with Crippen molar-refractivity contribution in [3.8, 4) is 0 Å². The highest BCUT2D eigenvalue weighted by Crippen LogP contribution is 2.27. The highest BCUT2D eigenvalue weighted by molar-refractivity contribution is 6.02. The van der Waals surface area contributed by atoms with Crippen LogP contribution in [0.3, 0.4) is 0 Å². The largest absolute Gasteiger partial charge is 0.341 e. The van der Waals surface area contributed by atoms with E-state index >= 15 is 0 Å². The first-order valence-corrected chi connectivity index (χ1v) is 7.32. The topological polar surface area (TPSA) is 49.4 Å². The Bertz CT molecular complexity index is 547. The molecule has 0 unspecified atom stereocenters. The Balaban J connectivity index is 1.70. The van der Waals surface area contributed by atoms with E-state index in [1.165, 1.54) is 25.7 Å². The van der Waals surface area contributed by atoms with Gasteiger partial charge in [0.2, 0.25) is 5.91 Å². The van der Waals surface area contributed by atoms with Gasteiger partial charge in [0, 0.05) is 24.8 Å². The molecule has 0 bridgehead atoms. The van der Waals surface area contributed by atoms with Crippen LogP contribution >= 0.6 is 0 Å². The van der Waals surface area contributed by atoms with Gasteiger partial charge in [-0.1, -0.05) is 18.9 Å². The molecule has 1 aromatic rings. The third kappa shape index (κ3) is 2.55. The van der Waals surface area contributed by atoms with Crippen molar-refractivity contribution in [1.82, 2.24) is 4.90 Å². The molecule has 0 spiro atoms. The summed E-state index contributed by atoms with van der Waals surface area (Å²) in [5.74, 6) is 0.697. The first-order chi connectivity index (χ1) is 9.63. The van der Waals surface area contributed by atoms with Crippen LogP contribution in [0, 0.1) is 5.92 Å². The molecule has 1 heterocycles. The van der Waals surface area contributed by atoms with Crippen LogP contribution in [0.1, 0.15) is 41.6 Å². The van der Waals surface area contributed by atoms with E-state index in [0.717, 1.165) is 17.8 Å². The van der Waals surface area contributed by atoms with E-state index in [0.29, 0.717) is 17.9 Å². The van der Waals surface area contributed by atoms with Gasteiger partial charge in [-0.3, -0.25) is 9.59 Å². The number of carbonyl (C=O) groups is 2. The highest BCUT2D eigenvalue weighted by Gasteiger charge is 2.22. The number of hydrogen-bond donors (Lipinski definition) is 1. The van der Waals surface area contributed by atoms with E-state index in [2.05, 4.69) is 5.32 Å². The van der Waals surface area contributed by atoms with Crippen molar-refractivity contribution in [3.05, 3.63) is 29.3 Å². The second kappa shape index (κ2) is 5.27. The average Bonchev–Trinajstić information content (AvgIpc) is 3.04. The van der Waals surface area contributed by atoms with Crippen molar-refractivity contribution < 1.29 is 9.59 Å². The minimum Gasteiger partial charge on any atom is -0.341 e. The molecule has 1 aromatic carbocycles. The number of fused-ring (bicyclic) bond motifs is 1. The van der Waals surface area contributed by atoms with Gasteiger partial charge in [0.1, 0.15) is 0 Å². The molecule has 1 aliphatic carbocycles. The molecule has 0 aromatic heterocycles. The van der Waals surface area contributed by atoms with E-state index in [-0.39, 0.29) is 11.8 Å². The van der Waals surface area contributed by atoms with Gasteiger partial charge in [0.15, 0.2) is 0 Å². The molecule has 0 radical (unpaired) electrons. The zero-order valence-corrected chi connectivity index (χ0v) is 11.8. The van der Waals surface area contributed by atoms with Crippen LogP contribution in [0.15, 0.2) is 18.2 Å². The van der Waals surface area contributed by atoms with E-state index in [1.807, 2.05) is 24.1 Å². The quantitative estimate of drug-likeness (QED) is 0.918. The molecule has 4 heteroatoms. The van der Waals surface area contributed by atoms with Crippen LogP contribution in [0.25, 0.3) is 0 Å². The number of benzene rings is 1. The third-order valence-corrected chi connectivity index (χ3v) is 4.34. The molecule has 2 amide bonds. The molecular weight excluding hydrogens is 252 g/mol. The fourth-order valence-electron chi connectivity index (χ4n) is 3.23. The van der Waals surface area contributed by atoms with Crippen LogP contribution < -0.4 is 5.32 Å². The van der Waals surface area contributed by atoms with Gasteiger partial charge in [-0.2, -0.15) is 0 Å². The van der Waals surface area contributed by atoms with Crippen LogP contribution in [-0.4, -0.2) is 30.3 Å². The number of nitrogens with zero attached hydrogens (tertiary/aromatic N) is 1. The molecule has 20 heavy (non-hydrogen) atoms. The van der Waals surface area contributed by atoms with Gasteiger partial charge >= 0.3 is 0 Å². The first-order valence-electron chi connectivity index (χ1n) is 7.32. The maximum Gasteiger partial charge on any atom is 0.253 e. The monoisotopic (exact) mass is 272 g/mol. The molecular formula is C16H20N2O2. The van der Waals surface area contributed by atoms with Crippen LogP contribution in [-0.2, 0) is 11.2 Å². The van der Waals surface area contributed by atoms with Crippen molar-refractivity contribution in [2.24, 2.45) is 5.92 Å². The lowest BCUT2D eigenvalue weighted by Crippen LogP contribution is -2.31. The normalized spacial score (nSPS) is 17.9. The number of anilines is 1. The molecule has 1 fully saturated rings. The smallest absolute Gasteiger partial charge is 0.253 e. The molecule has 1 saturated carbocycles. The lowest BCUT2D eigenvalue weighted by atomic mass is 10.1. The zero-order chi connectivity index (χ0) is 14.1. The summed E-state index contributed by atoms with van der Waals surface area (Å²) in [7, 11) is 1.87. The first kappa shape index (κ1) is 13.2. The number of amides is 2. The summed E-state index contributed by atoms with van der Waals surface area (Å²) in [5.41, 5.74) is 2.42. The minimum absolute atomic E-state index is 0.00362. The van der Waals surface area contributed by atoms with E-state index in [4.69, 9.17) is 0 Å². The molecule has 1 aliphatic heterocycles. The Hall–Kier alpha value is -1.84. The van der Waals surface area contributed by atoms with Gasteiger partial charge in [0.05, 0.1) is 6.42 Å². The molecule has 0 atom stereocenters. The lowest BCUT2D eigenvalue weighted by molar-refractivity contribution is -0.115. The molecule has 106 valence electrons. The fourth-order valence-corrected chi connectivity index (χ4v) is 3.23. The van der Waals surface area contributed by atoms with Crippen molar-refractivity contribution in [2.75, 3.05) is 18.9 Å². The van der Waals surface area contributed by atoms with E-state index < -0.39 is 0 Å². The number of nitrogens with one attached hydrogen (secondary N) is 1. The van der Waals surface area contributed by atoms with Crippen LogP contribution in [0.2, 0.25) is 0 Å². The number of hydrogen-bond acceptors (Lipinski definition) is 2. The van der Waals surface area contributed by atoms with Crippen LogP contribution in [0.5, 0.6) is 0 Å². The van der Waals surface area contributed by atoms with Crippen molar-refractivity contribution in [1.29, 1.82) is 0 Å². The summed E-state index contributed by atoms with van der Waals surface area (Å²) < 4.78 is 0. The summed E-state index contributed by atoms with van der Waals surface area (Å²) in [5, 5.41) is 2.80. The van der Waals surface area contributed by atoms with Crippen molar-refractivity contribution in [2.45, 2.75) is 32.1 Å². The molecule has 2 aliphatic rings. The summed E-state index contributed by atoms with van der Waals surface area (Å²) in [6, 6.07) is 5.50. The van der Waals surface area contributed by atoms with Crippen LogP contribution in [0.4, 0.5) is 5.69 Å². The van der Waals surface area contributed by atoms with Gasteiger partial charge < -0.3 is 10.2 Å².